The summed E-state index contributed by atoms with van der Waals surface area (Å²) in [5.41, 5.74) is 3.27. The Hall–Kier alpha value is -2.53. The average molecular weight is 402 g/mol. The third kappa shape index (κ3) is 4.65. The lowest BCUT2D eigenvalue weighted by atomic mass is 9.91. The van der Waals surface area contributed by atoms with E-state index in [0.29, 0.717) is 5.69 Å². The molecule has 2 aromatic carbocycles. The van der Waals surface area contributed by atoms with E-state index in [0.717, 1.165) is 25.0 Å². The molecule has 0 saturated heterocycles. The predicted octanol–water partition coefficient (Wildman–Crippen LogP) is 4.80. The normalized spacial score (nSPS) is 14.0. The van der Waals surface area contributed by atoms with Crippen LogP contribution >= 0.6 is 11.6 Å². The van der Waals surface area contributed by atoms with E-state index in [1.165, 1.54) is 29.7 Å². The Balaban J connectivity index is 1.66. The molecule has 0 heterocycles. The van der Waals surface area contributed by atoms with Gasteiger partial charge in [0.25, 0.3) is 5.91 Å². The molecule has 1 aliphatic rings. The molecule has 1 aliphatic carbocycles. The Bertz CT molecular complexity index is 881. The number of esters is 1. The summed E-state index contributed by atoms with van der Waals surface area (Å²) in [4.78, 5) is 24.4. The fourth-order valence-corrected chi connectivity index (χ4v) is 3.57. The molecule has 1 amide bonds. The number of hydrogen-bond acceptors (Lipinski definition) is 4. The van der Waals surface area contributed by atoms with Gasteiger partial charge < -0.3 is 14.8 Å². The van der Waals surface area contributed by atoms with Crippen molar-refractivity contribution in [2.24, 2.45) is 0 Å². The van der Waals surface area contributed by atoms with Crippen LogP contribution in [-0.2, 0) is 22.4 Å². The van der Waals surface area contributed by atoms with Crippen LogP contribution in [0.2, 0.25) is 5.02 Å². The summed E-state index contributed by atoms with van der Waals surface area (Å²) in [6, 6.07) is 10.7. The van der Waals surface area contributed by atoms with Crippen molar-refractivity contribution in [3.05, 3.63) is 58.1 Å². The number of halogens is 1. The number of ether oxygens (including phenoxy) is 2. The first kappa shape index (κ1) is 20.2. The monoisotopic (exact) mass is 401 g/mol. The molecule has 2 aromatic rings. The molecule has 28 heavy (non-hydrogen) atoms. The maximum absolute atomic E-state index is 12.5. The first-order chi connectivity index (χ1) is 13.5. The van der Waals surface area contributed by atoms with Crippen LogP contribution in [0.4, 0.5) is 5.69 Å². The van der Waals surface area contributed by atoms with Crippen LogP contribution in [0.25, 0.3) is 0 Å². The minimum Gasteiger partial charge on any atom is -0.481 e. The molecule has 0 radical (unpaired) electrons. The maximum atomic E-state index is 12.5. The Morgan fingerprint density at radius 1 is 1.18 bits per heavy atom. The first-order valence-electron chi connectivity index (χ1n) is 9.54. The van der Waals surface area contributed by atoms with Gasteiger partial charge in [-0.25, -0.2) is 4.79 Å². The van der Waals surface area contributed by atoms with Gasteiger partial charge in [0.15, 0.2) is 6.10 Å². The Morgan fingerprint density at radius 3 is 2.71 bits per heavy atom. The zero-order chi connectivity index (χ0) is 20.1. The van der Waals surface area contributed by atoms with Gasteiger partial charge >= 0.3 is 5.97 Å². The van der Waals surface area contributed by atoms with Crippen molar-refractivity contribution in [1.29, 1.82) is 0 Å². The molecule has 6 heteroatoms. The van der Waals surface area contributed by atoms with E-state index in [-0.39, 0.29) is 23.1 Å². The lowest BCUT2D eigenvalue weighted by Crippen LogP contribution is -2.30. The van der Waals surface area contributed by atoms with Crippen LogP contribution in [0.5, 0.6) is 5.75 Å². The molecule has 1 atom stereocenters. The van der Waals surface area contributed by atoms with Gasteiger partial charge in [0, 0.05) is 5.69 Å². The molecule has 0 fully saturated rings. The topological polar surface area (TPSA) is 64.6 Å². The summed E-state index contributed by atoms with van der Waals surface area (Å²) >= 11 is 6.15. The van der Waals surface area contributed by atoms with E-state index in [1.54, 1.807) is 19.9 Å². The van der Waals surface area contributed by atoms with Gasteiger partial charge in [-0.1, -0.05) is 23.7 Å². The molecule has 0 spiro atoms. The van der Waals surface area contributed by atoms with Crippen molar-refractivity contribution < 1.29 is 19.1 Å². The highest BCUT2D eigenvalue weighted by Gasteiger charge is 2.20. The summed E-state index contributed by atoms with van der Waals surface area (Å²) in [7, 11) is 0. The number of anilines is 1. The second-order valence-electron chi connectivity index (χ2n) is 6.77. The van der Waals surface area contributed by atoms with Crippen molar-refractivity contribution in [3.63, 3.8) is 0 Å². The number of benzene rings is 2. The molecule has 0 unspecified atom stereocenters. The van der Waals surface area contributed by atoms with Crippen molar-refractivity contribution in [1.82, 2.24) is 0 Å². The summed E-state index contributed by atoms with van der Waals surface area (Å²) in [6.45, 7) is 3.71. The molecular weight excluding hydrogens is 378 g/mol. The van der Waals surface area contributed by atoms with Crippen LogP contribution in [-0.4, -0.2) is 24.6 Å². The highest BCUT2D eigenvalue weighted by atomic mass is 35.5. The fourth-order valence-electron chi connectivity index (χ4n) is 3.31. The lowest BCUT2D eigenvalue weighted by molar-refractivity contribution is -0.122. The summed E-state index contributed by atoms with van der Waals surface area (Å²) in [5, 5.41) is 3.00. The quantitative estimate of drug-likeness (QED) is 0.706. The minimum atomic E-state index is -0.670. The summed E-state index contributed by atoms with van der Waals surface area (Å²) < 4.78 is 10.9. The molecule has 0 aliphatic heterocycles. The molecule has 148 valence electrons. The van der Waals surface area contributed by atoms with Gasteiger partial charge in [0.05, 0.1) is 17.2 Å². The van der Waals surface area contributed by atoms with Crippen molar-refractivity contribution >= 4 is 29.2 Å². The highest BCUT2D eigenvalue weighted by molar-refractivity contribution is 6.34. The molecule has 0 bridgehead atoms. The molecule has 1 N–H and O–H groups in total. The van der Waals surface area contributed by atoms with Gasteiger partial charge in [-0.3, -0.25) is 4.79 Å². The SMILES string of the molecule is CCOC(=O)c1ccc(NC(=O)[C@H](C)Oc2cccc3c2CCCC3)cc1Cl. The lowest BCUT2D eigenvalue weighted by Gasteiger charge is -2.22. The van der Waals surface area contributed by atoms with Crippen LogP contribution in [0.3, 0.4) is 0 Å². The standard InChI is InChI=1S/C22H24ClNO4/c1-3-27-22(26)18-12-11-16(13-19(18)23)24-21(25)14(2)28-20-10-6-8-15-7-4-5-9-17(15)20/h6,8,10-14H,3-5,7,9H2,1-2H3,(H,24,25)/t14-/m0/s1. The molecule has 0 saturated carbocycles. The maximum Gasteiger partial charge on any atom is 0.339 e. The smallest absolute Gasteiger partial charge is 0.339 e. The van der Waals surface area contributed by atoms with E-state index in [4.69, 9.17) is 21.1 Å². The van der Waals surface area contributed by atoms with Crippen molar-refractivity contribution in [2.75, 3.05) is 11.9 Å². The largest absolute Gasteiger partial charge is 0.481 e. The number of carbonyl (C=O) groups excluding carboxylic acids is 2. The van der Waals surface area contributed by atoms with Crippen molar-refractivity contribution in [2.45, 2.75) is 45.6 Å². The van der Waals surface area contributed by atoms with Crippen LogP contribution in [0, 0.1) is 0 Å². The average Bonchev–Trinajstić information content (AvgIpc) is 2.68. The highest BCUT2D eigenvalue weighted by Crippen LogP contribution is 2.30. The first-order valence-corrected chi connectivity index (χ1v) is 9.92. The number of carbonyl (C=O) groups is 2. The van der Waals surface area contributed by atoms with Gasteiger partial charge in [-0.05, 0) is 74.9 Å². The van der Waals surface area contributed by atoms with Gasteiger partial charge in [-0.15, -0.1) is 0 Å². The number of fused-ring (bicyclic) bond motifs is 1. The van der Waals surface area contributed by atoms with Crippen LogP contribution in [0.15, 0.2) is 36.4 Å². The molecule has 3 rings (SSSR count). The molecular formula is C22H24ClNO4. The van der Waals surface area contributed by atoms with Crippen molar-refractivity contribution in [3.8, 4) is 5.75 Å². The zero-order valence-electron chi connectivity index (χ0n) is 16.1. The van der Waals surface area contributed by atoms with E-state index >= 15 is 0 Å². The van der Waals surface area contributed by atoms with Gasteiger partial charge in [0.2, 0.25) is 0 Å². The number of hydrogen-bond donors (Lipinski definition) is 1. The third-order valence-corrected chi connectivity index (χ3v) is 5.07. The van der Waals surface area contributed by atoms with E-state index in [9.17, 15) is 9.59 Å². The number of aryl methyl sites for hydroxylation is 1. The van der Waals surface area contributed by atoms with Crippen LogP contribution < -0.4 is 10.1 Å². The Morgan fingerprint density at radius 2 is 1.96 bits per heavy atom. The van der Waals surface area contributed by atoms with Gasteiger partial charge in [-0.2, -0.15) is 0 Å². The minimum absolute atomic E-state index is 0.224. The zero-order valence-corrected chi connectivity index (χ0v) is 16.8. The second kappa shape index (κ2) is 9.11. The fraction of sp³-hybridized carbons (Fsp3) is 0.364. The summed E-state index contributed by atoms with van der Waals surface area (Å²) in [5.74, 6) is -0.000153. The predicted molar refractivity (Wildman–Crippen MR) is 109 cm³/mol. The van der Waals surface area contributed by atoms with Gasteiger partial charge in [0.1, 0.15) is 5.75 Å². The molecule has 0 aromatic heterocycles. The van der Waals surface area contributed by atoms with E-state index in [1.807, 2.05) is 12.1 Å². The summed E-state index contributed by atoms with van der Waals surface area (Å²) in [6.07, 6.45) is 3.69. The van der Waals surface area contributed by atoms with Crippen LogP contribution in [0.1, 0.15) is 48.2 Å². The van der Waals surface area contributed by atoms with E-state index < -0.39 is 12.1 Å². The Kier molecular flexibility index (Phi) is 6.57. The Labute approximate surface area is 170 Å². The number of nitrogens with one attached hydrogen (secondary N) is 1. The number of amides is 1. The molecule has 5 nitrogen and oxygen atoms in total. The third-order valence-electron chi connectivity index (χ3n) is 4.76. The van der Waals surface area contributed by atoms with E-state index in [2.05, 4.69) is 11.4 Å². The second-order valence-corrected chi connectivity index (χ2v) is 7.17. The number of rotatable bonds is 6.